The van der Waals surface area contributed by atoms with Gasteiger partial charge in [-0.15, -0.1) is 11.3 Å². The minimum absolute atomic E-state index is 0.310. The van der Waals surface area contributed by atoms with Gasteiger partial charge in [0.2, 0.25) is 10.0 Å². The standard InChI is InChI=1S/C13H15N3O3S2/c1-8-4-5-10(16-21(3,18)19)11(6-8)15-13(17)12-7-20-9(2)14-12/h4-7,16H,1-3H3,(H,15,17). The minimum Gasteiger partial charge on any atom is -0.319 e. The first-order chi connectivity index (χ1) is 9.74. The van der Waals surface area contributed by atoms with Crippen molar-refractivity contribution >= 4 is 38.6 Å². The summed E-state index contributed by atoms with van der Waals surface area (Å²) < 4.78 is 25.1. The van der Waals surface area contributed by atoms with E-state index in [0.717, 1.165) is 16.8 Å². The van der Waals surface area contributed by atoms with Gasteiger partial charge in [0, 0.05) is 5.38 Å². The number of thiazole rings is 1. The number of carbonyl (C=O) groups excluding carboxylic acids is 1. The molecule has 0 aliphatic carbocycles. The molecule has 0 spiro atoms. The number of rotatable bonds is 4. The smallest absolute Gasteiger partial charge is 0.275 e. The van der Waals surface area contributed by atoms with E-state index in [1.807, 2.05) is 13.8 Å². The zero-order valence-corrected chi connectivity index (χ0v) is 13.4. The van der Waals surface area contributed by atoms with E-state index >= 15 is 0 Å². The number of aromatic nitrogens is 1. The van der Waals surface area contributed by atoms with Crippen LogP contribution in [0.5, 0.6) is 0 Å². The minimum atomic E-state index is -3.42. The number of sulfonamides is 1. The molecular weight excluding hydrogens is 310 g/mol. The van der Waals surface area contributed by atoms with Crippen molar-refractivity contribution in [3.63, 3.8) is 0 Å². The molecule has 0 bridgehead atoms. The maximum atomic E-state index is 12.1. The molecule has 0 saturated carbocycles. The van der Waals surface area contributed by atoms with Gasteiger partial charge in [0.25, 0.3) is 5.91 Å². The number of amides is 1. The summed E-state index contributed by atoms with van der Waals surface area (Å²) in [5.41, 5.74) is 1.93. The zero-order valence-electron chi connectivity index (χ0n) is 11.8. The van der Waals surface area contributed by atoms with E-state index in [1.54, 1.807) is 23.6 Å². The molecule has 0 atom stereocenters. The van der Waals surface area contributed by atoms with Crippen LogP contribution in [0.2, 0.25) is 0 Å². The van der Waals surface area contributed by atoms with Crippen LogP contribution in [0, 0.1) is 13.8 Å². The summed E-state index contributed by atoms with van der Waals surface area (Å²) in [6.07, 6.45) is 1.06. The van der Waals surface area contributed by atoms with Crippen molar-refractivity contribution in [1.82, 2.24) is 4.98 Å². The van der Waals surface area contributed by atoms with Crippen LogP contribution >= 0.6 is 11.3 Å². The SMILES string of the molecule is Cc1ccc(NS(C)(=O)=O)c(NC(=O)c2csc(C)n2)c1. The van der Waals surface area contributed by atoms with Crippen LogP contribution in [-0.4, -0.2) is 25.6 Å². The first-order valence-electron chi connectivity index (χ1n) is 6.06. The average molecular weight is 325 g/mol. The normalized spacial score (nSPS) is 11.2. The predicted octanol–water partition coefficient (Wildman–Crippen LogP) is 2.38. The topological polar surface area (TPSA) is 88.2 Å². The molecule has 0 radical (unpaired) electrons. The summed E-state index contributed by atoms with van der Waals surface area (Å²) in [5, 5.41) is 5.13. The molecule has 112 valence electrons. The molecule has 2 aromatic rings. The maximum Gasteiger partial charge on any atom is 0.275 e. The molecule has 0 aliphatic heterocycles. The van der Waals surface area contributed by atoms with E-state index in [9.17, 15) is 13.2 Å². The number of hydrogen-bond acceptors (Lipinski definition) is 5. The van der Waals surface area contributed by atoms with E-state index < -0.39 is 10.0 Å². The van der Waals surface area contributed by atoms with Crippen molar-refractivity contribution in [3.05, 3.63) is 39.8 Å². The Hall–Kier alpha value is -1.93. The van der Waals surface area contributed by atoms with Crippen molar-refractivity contribution in [2.75, 3.05) is 16.3 Å². The van der Waals surface area contributed by atoms with Gasteiger partial charge in [-0.05, 0) is 31.5 Å². The van der Waals surface area contributed by atoms with Crippen molar-refractivity contribution in [1.29, 1.82) is 0 Å². The van der Waals surface area contributed by atoms with Gasteiger partial charge in [-0.25, -0.2) is 13.4 Å². The Morgan fingerprint density at radius 2 is 1.95 bits per heavy atom. The molecule has 0 fully saturated rings. The van der Waals surface area contributed by atoms with E-state index in [-0.39, 0.29) is 5.91 Å². The molecule has 1 amide bonds. The number of aryl methyl sites for hydroxylation is 2. The molecule has 1 heterocycles. The Labute approximate surface area is 127 Å². The zero-order chi connectivity index (χ0) is 15.6. The third-order valence-corrected chi connectivity index (χ3v) is 3.93. The summed E-state index contributed by atoms with van der Waals surface area (Å²) in [6, 6.07) is 5.07. The number of nitrogens with one attached hydrogen (secondary N) is 2. The monoisotopic (exact) mass is 325 g/mol. The summed E-state index contributed by atoms with van der Waals surface area (Å²) in [5.74, 6) is -0.374. The summed E-state index contributed by atoms with van der Waals surface area (Å²) in [7, 11) is -3.42. The Bertz CT molecular complexity index is 782. The second-order valence-corrected chi connectivity index (χ2v) is 7.44. The number of hydrogen-bond donors (Lipinski definition) is 2. The highest BCUT2D eigenvalue weighted by molar-refractivity contribution is 7.92. The third kappa shape index (κ3) is 4.27. The summed E-state index contributed by atoms with van der Waals surface area (Å²) in [4.78, 5) is 16.2. The fourth-order valence-corrected chi connectivity index (χ4v) is 2.87. The van der Waals surface area contributed by atoms with Crippen LogP contribution in [0.3, 0.4) is 0 Å². The van der Waals surface area contributed by atoms with Gasteiger partial charge in [0.05, 0.1) is 22.6 Å². The second kappa shape index (κ2) is 5.82. The quantitative estimate of drug-likeness (QED) is 0.903. The third-order valence-electron chi connectivity index (χ3n) is 2.57. The predicted molar refractivity (Wildman–Crippen MR) is 84.4 cm³/mol. The molecular formula is C13H15N3O3S2. The van der Waals surface area contributed by atoms with E-state index in [0.29, 0.717) is 17.1 Å². The molecule has 1 aromatic heterocycles. The van der Waals surface area contributed by atoms with Gasteiger partial charge in [-0.3, -0.25) is 9.52 Å². The Balaban J connectivity index is 2.30. The molecule has 8 heteroatoms. The Morgan fingerprint density at radius 3 is 2.52 bits per heavy atom. The highest BCUT2D eigenvalue weighted by Crippen LogP contribution is 2.24. The van der Waals surface area contributed by atoms with Crippen molar-refractivity contribution < 1.29 is 13.2 Å². The number of anilines is 2. The van der Waals surface area contributed by atoms with Crippen LogP contribution in [0.25, 0.3) is 0 Å². The Morgan fingerprint density at radius 1 is 1.24 bits per heavy atom. The van der Waals surface area contributed by atoms with E-state index in [2.05, 4.69) is 15.0 Å². The average Bonchev–Trinajstić information content (AvgIpc) is 2.78. The molecule has 6 nitrogen and oxygen atoms in total. The van der Waals surface area contributed by atoms with Gasteiger partial charge in [0.1, 0.15) is 5.69 Å². The molecule has 21 heavy (non-hydrogen) atoms. The fourth-order valence-electron chi connectivity index (χ4n) is 1.70. The highest BCUT2D eigenvalue weighted by Gasteiger charge is 2.14. The van der Waals surface area contributed by atoms with Crippen LogP contribution in [0.4, 0.5) is 11.4 Å². The largest absolute Gasteiger partial charge is 0.319 e. The van der Waals surface area contributed by atoms with Gasteiger partial charge in [-0.2, -0.15) is 0 Å². The van der Waals surface area contributed by atoms with Gasteiger partial charge in [-0.1, -0.05) is 6.07 Å². The van der Waals surface area contributed by atoms with Crippen molar-refractivity contribution in [2.24, 2.45) is 0 Å². The molecule has 0 aliphatic rings. The Kier molecular flexibility index (Phi) is 4.29. The van der Waals surface area contributed by atoms with Crippen molar-refractivity contribution in [3.8, 4) is 0 Å². The summed E-state index contributed by atoms with van der Waals surface area (Å²) >= 11 is 1.38. The van der Waals surface area contributed by atoms with E-state index in [1.165, 1.54) is 11.3 Å². The second-order valence-electron chi connectivity index (χ2n) is 4.63. The molecule has 1 aromatic carbocycles. The lowest BCUT2D eigenvalue weighted by Crippen LogP contribution is -2.16. The molecule has 2 N–H and O–H groups in total. The van der Waals surface area contributed by atoms with Crippen LogP contribution in [-0.2, 0) is 10.0 Å². The van der Waals surface area contributed by atoms with Gasteiger partial charge in [0.15, 0.2) is 0 Å². The van der Waals surface area contributed by atoms with Crippen LogP contribution < -0.4 is 10.0 Å². The van der Waals surface area contributed by atoms with Gasteiger partial charge < -0.3 is 5.32 Å². The fraction of sp³-hybridized carbons (Fsp3) is 0.231. The molecule has 0 unspecified atom stereocenters. The first kappa shape index (κ1) is 15.5. The van der Waals surface area contributed by atoms with Crippen LogP contribution in [0.15, 0.2) is 23.6 Å². The lowest BCUT2D eigenvalue weighted by Gasteiger charge is -2.12. The van der Waals surface area contributed by atoms with Gasteiger partial charge >= 0.3 is 0 Å². The number of nitrogens with zero attached hydrogens (tertiary/aromatic N) is 1. The number of benzene rings is 1. The highest BCUT2D eigenvalue weighted by atomic mass is 32.2. The first-order valence-corrected chi connectivity index (χ1v) is 8.83. The van der Waals surface area contributed by atoms with E-state index in [4.69, 9.17) is 0 Å². The lowest BCUT2D eigenvalue weighted by molar-refractivity contribution is 0.102. The van der Waals surface area contributed by atoms with Crippen molar-refractivity contribution in [2.45, 2.75) is 13.8 Å². The maximum absolute atomic E-state index is 12.1. The summed E-state index contributed by atoms with van der Waals surface area (Å²) in [6.45, 7) is 3.66. The van der Waals surface area contributed by atoms with Crippen LogP contribution in [0.1, 0.15) is 21.1 Å². The lowest BCUT2D eigenvalue weighted by atomic mass is 10.2. The molecule has 0 saturated heterocycles. The molecule has 2 rings (SSSR count). The number of carbonyl (C=O) groups is 1.